The number of likely N-dealkylation sites (N-methyl/N-ethyl adjacent to an activating group) is 1. The number of nitrogens with one attached hydrogen (secondary N) is 2. The third kappa shape index (κ3) is 4.72. The molecule has 0 saturated heterocycles. The second-order valence-electron chi connectivity index (χ2n) is 4.81. The number of hydrogen-bond acceptors (Lipinski definition) is 3. The molecule has 4 nitrogen and oxygen atoms in total. The largest absolute Gasteiger partial charge is 0.373 e. The minimum atomic E-state index is 0.596. The lowest BCUT2D eigenvalue weighted by atomic mass is 10.3. The van der Waals surface area contributed by atoms with Crippen molar-refractivity contribution in [3.05, 3.63) is 54.2 Å². The molecule has 0 bridgehead atoms. The Labute approximate surface area is 131 Å². The van der Waals surface area contributed by atoms with Crippen LogP contribution < -0.4 is 15.5 Å². The summed E-state index contributed by atoms with van der Waals surface area (Å²) >= 11 is 5.28. The van der Waals surface area contributed by atoms with E-state index in [9.17, 15) is 0 Å². The first-order valence-electron chi connectivity index (χ1n) is 6.89. The Morgan fingerprint density at radius 1 is 1.19 bits per heavy atom. The molecule has 0 aliphatic carbocycles. The number of pyridine rings is 1. The van der Waals surface area contributed by atoms with Gasteiger partial charge in [0.05, 0.1) is 0 Å². The maximum absolute atomic E-state index is 5.28. The lowest BCUT2D eigenvalue weighted by molar-refractivity contribution is 0.827. The van der Waals surface area contributed by atoms with Gasteiger partial charge in [-0.1, -0.05) is 24.3 Å². The summed E-state index contributed by atoms with van der Waals surface area (Å²) in [4.78, 5) is 6.44. The molecule has 110 valence electrons. The van der Waals surface area contributed by atoms with E-state index in [0.29, 0.717) is 5.11 Å². The number of thiocarbonyl (C=S) groups is 1. The Kier molecular flexibility index (Phi) is 5.51. The summed E-state index contributed by atoms with van der Waals surface area (Å²) < 4.78 is 0. The zero-order valence-corrected chi connectivity index (χ0v) is 13.2. The Morgan fingerprint density at radius 2 is 1.95 bits per heavy atom. The number of aromatic nitrogens is 1. The highest BCUT2D eigenvalue weighted by Gasteiger charge is 2.03. The van der Waals surface area contributed by atoms with Gasteiger partial charge in [-0.05, 0) is 42.9 Å². The monoisotopic (exact) mass is 300 g/mol. The fourth-order valence-corrected chi connectivity index (χ4v) is 2.12. The Balaban J connectivity index is 1.76. The van der Waals surface area contributed by atoms with Crippen molar-refractivity contribution >= 4 is 28.8 Å². The summed E-state index contributed by atoms with van der Waals surface area (Å²) in [5.41, 5.74) is 2.27. The number of para-hydroxylation sites is 1. The molecule has 0 aliphatic rings. The summed E-state index contributed by atoms with van der Waals surface area (Å²) in [6.45, 7) is 3.64. The van der Waals surface area contributed by atoms with Crippen LogP contribution in [0.1, 0.15) is 5.56 Å². The van der Waals surface area contributed by atoms with Crippen LogP contribution in [0, 0.1) is 6.92 Å². The van der Waals surface area contributed by atoms with Gasteiger partial charge in [-0.15, -0.1) is 0 Å². The smallest absolute Gasteiger partial charge is 0.172 e. The van der Waals surface area contributed by atoms with Gasteiger partial charge in [0.15, 0.2) is 5.11 Å². The lowest BCUT2D eigenvalue weighted by Crippen LogP contribution is -2.35. The first-order chi connectivity index (χ1) is 10.2. The van der Waals surface area contributed by atoms with Crippen LogP contribution in [0.2, 0.25) is 0 Å². The predicted molar refractivity (Wildman–Crippen MR) is 92.9 cm³/mol. The molecule has 0 radical (unpaired) electrons. The average Bonchev–Trinajstić information content (AvgIpc) is 2.50. The second-order valence-corrected chi connectivity index (χ2v) is 5.22. The van der Waals surface area contributed by atoms with Crippen molar-refractivity contribution in [2.24, 2.45) is 0 Å². The molecule has 2 N–H and O–H groups in total. The maximum Gasteiger partial charge on any atom is 0.172 e. The third-order valence-corrected chi connectivity index (χ3v) is 3.42. The number of benzene rings is 1. The molecule has 1 aromatic carbocycles. The summed E-state index contributed by atoms with van der Waals surface area (Å²) in [6.07, 6.45) is 1.75. The van der Waals surface area contributed by atoms with Gasteiger partial charge in [0.1, 0.15) is 5.82 Å². The zero-order valence-electron chi connectivity index (χ0n) is 12.3. The van der Waals surface area contributed by atoms with Crippen molar-refractivity contribution in [3.63, 3.8) is 0 Å². The maximum atomic E-state index is 5.28. The highest BCUT2D eigenvalue weighted by Crippen LogP contribution is 2.10. The van der Waals surface area contributed by atoms with Crippen LogP contribution in [0.5, 0.6) is 0 Å². The van der Waals surface area contributed by atoms with Gasteiger partial charge in [0, 0.05) is 32.0 Å². The molecule has 0 fully saturated rings. The summed E-state index contributed by atoms with van der Waals surface area (Å²) in [5, 5.41) is 6.91. The van der Waals surface area contributed by atoms with Gasteiger partial charge in [-0.3, -0.25) is 0 Å². The molecule has 2 rings (SSSR count). The van der Waals surface area contributed by atoms with Crippen molar-refractivity contribution < 1.29 is 0 Å². The molecule has 0 unspecified atom stereocenters. The molecular formula is C16H20N4S. The van der Waals surface area contributed by atoms with Gasteiger partial charge >= 0.3 is 0 Å². The number of hydrogen-bond donors (Lipinski definition) is 2. The van der Waals surface area contributed by atoms with E-state index < -0.39 is 0 Å². The topological polar surface area (TPSA) is 40.2 Å². The lowest BCUT2D eigenvalue weighted by Gasteiger charge is -2.20. The van der Waals surface area contributed by atoms with Crippen LogP contribution >= 0.6 is 12.2 Å². The van der Waals surface area contributed by atoms with Crippen molar-refractivity contribution in [1.82, 2.24) is 10.3 Å². The average molecular weight is 300 g/mol. The van der Waals surface area contributed by atoms with Gasteiger partial charge in [-0.2, -0.15) is 0 Å². The van der Waals surface area contributed by atoms with Crippen LogP contribution in [0.15, 0.2) is 48.7 Å². The quantitative estimate of drug-likeness (QED) is 0.831. The van der Waals surface area contributed by atoms with Crippen molar-refractivity contribution in [3.8, 4) is 0 Å². The first kappa shape index (κ1) is 15.3. The molecule has 1 heterocycles. The van der Waals surface area contributed by atoms with Crippen molar-refractivity contribution in [1.29, 1.82) is 0 Å². The van der Waals surface area contributed by atoms with Crippen LogP contribution in [-0.2, 0) is 0 Å². The Bertz CT molecular complexity index is 586. The third-order valence-electron chi connectivity index (χ3n) is 3.17. The predicted octanol–water partition coefficient (Wildman–Crippen LogP) is 2.81. The molecule has 0 saturated carbocycles. The molecule has 2 aromatic rings. The minimum Gasteiger partial charge on any atom is -0.373 e. The van der Waals surface area contributed by atoms with E-state index >= 15 is 0 Å². The molecular weight excluding hydrogens is 280 g/mol. The van der Waals surface area contributed by atoms with E-state index in [1.165, 1.54) is 5.69 Å². The van der Waals surface area contributed by atoms with E-state index in [1.807, 2.05) is 37.3 Å². The zero-order chi connectivity index (χ0) is 15.1. The van der Waals surface area contributed by atoms with E-state index in [4.69, 9.17) is 12.2 Å². The molecule has 1 aromatic heterocycles. The van der Waals surface area contributed by atoms with Crippen molar-refractivity contribution in [2.45, 2.75) is 6.92 Å². The van der Waals surface area contributed by atoms with Gasteiger partial charge < -0.3 is 15.5 Å². The van der Waals surface area contributed by atoms with E-state index in [1.54, 1.807) is 6.20 Å². The van der Waals surface area contributed by atoms with Gasteiger partial charge in [0.2, 0.25) is 0 Å². The fourth-order valence-electron chi connectivity index (χ4n) is 1.92. The van der Waals surface area contributed by atoms with Crippen LogP contribution in [0.4, 0.5) is 11.5 Å². The van der Waals surface area contributed by atoms with E-state index in [0.717, 1.165) is 24.5 Å². The molecule has 0 aliphatic heterocycles. The standard InChI is InChI=1S/C16H20N4S/c1-13-7-6-10-17-15(13)19-16(21)18-11-12-20(2)14-8-4-3-5-9-14/h3-10H,11-12H2,1-2H3,(H2,17,18,19,21). The Morgan fingerprint density at radius 3 is 2.67 bits per heavy atom. The van der Waals surface area contributed by atoms with Crippen LogP contribution in [0.3, 0.4) is 0 Å². The number of nitrogens with zero attached hydrogens (tertiary/aromatic N) is 2. The van der Waals surface area contributed by atoms with E-state index in [-0.39, 0.29) is 0 Å². The second kappa shape index (κ2) is 7.59. The molecule has 0 spiro atoms. The van der Waals surface area contributed by atoms with Gasteiger partial charge in [-0.25, -0.2) is 4.98 Å². The molecule has 0 amide bonds. The van der Waals surface area contributed by atoms with E-state index in [2.05, 4.69) is 39.7 Å². The summed E-state index contributed by atoms with van der Waals surface area (Å²) in [7, 11) is 2.07. The highest BCUT2D eigenvalue weighted by molar-refractivity contribution is 7.80. The molecule has 0 atom stereocenters. The fraction of sp³-hybridized carbons (Fsp3) is 0.250. The number of rotatable bonds is 5. The summed E-state index contributed by atoms with van der Waals surface area (Å²) in [5.74, 6) is 0.798. The first-order valence-corrected chi connectivity index (χ1v) is 7.30. The van der Waals surface area contributed by atoms with Crippen LogP contribution in [0.25, 0.3) is 0 Å². The number of aryl methyl sites for hydroxylation is 1. The molecule has 5 heteroatoms. The SMILES string of the molecule is Cc1cccnc1NC(=S)NCCN(C)c1ccccc1. The van der Waals surface area contributed by atoms with Gasteiger partial charge in [0.25, 0.3) is 0 Å². The van der Waals surface area contributed by atoms with Crippen molar-refractivity contribution in [2.75, 3.05) is 30.4 Å². The highest BCUT2D eigenvalue weighted by atomic mass is 32.1. The molecule has 21 heavy (non-hydrogen) atoms. The summed E-state index contributed by atoms with van der Waals surface area (Å²) in [6, 6.07) is 14.2. The normalized spacial score (nSPS) is 10.0. The number of anilines is 2. The Hall–Kier alpha value is -2.14. The van der Waals surface area contributed by atoms with Crippen LogP contribution in [-0.4, -0.2) is 30.2 Å². The minimum absolute atomic E-state index is 0.596.